The van der Waals surface area contributed by atoms with Gasteiger partial charge >= 0.3 is 0 Å². The Morgan fingerprint density at radius 3 is 1.25 bits per heavy atom. The first-order valence-corrected chi connectivity index (χ1v) is 24.0. The Balaban J connectivity index is 1.14. The fraction of sp³-hybridized carbons (Fsp3) is 0. The quantitative estimate of drug-likeness (QED) is 0.145. The minimum atomic E-state index is -0.135. The maximum Gasteiger partial charge on any atom is 0.143 e. The Morgan fingerprint density at radius 2 is 0.701 bits per heavy atom. The lowest BCUT2D eigenvalue weighted by atomic mass is 9.55. The number of hydrogen-bond acceptors (Lipinski definition) is 2. The highest BCUT2D eigenvalue weighted by Gasteiger charge is 2.29. The van der Waals surface area contributed by atoms with Crippen molar-refractivity contribution in [2.45, 2.75) is 0 Å². The van der Waals surface area contributed by atoms with Crippen molar-refractivity contribution >= 4 is 276 Å². The van der Waals surface area contributed by atoms with E-state index in [1.807, 2.05) is 121 Å². The molecule has 34 radical (unpaired) electrons. The van der Waals surface area contributed by atoms with Crippen LogP contribution < -0.4 is 97.8 Å². The summed E-state index contributed by atoms with van der Waals surface area (Å²) >= 11 is 0. The molecule has 316 valence electrons. The molecule has 11 aromatic rings. The number of fused-ring (bicyclic) bond motifs is 5. The van der Waals surface area contributed by atoms with Crippen molar-refractivity contribution < 1.29 is 4.42 Å². The predicted molar refractivity (Wildman–Crippen MR) is 345 cm³/mol. The molecule has 0 spiro atoms. The van der Waals surface area contributed by atoms with Gasteiger partial charge in [-0.05, 0) is 85.3 Å². The van der Waals surface area contributed by atoms with Crippen LogP contribution in [0.1, 0.15) is 0 Å². The lowest BCUT2D eigenvalue weighted by Gasteiger charge is -2.37. The molecule has 0 amide bonds. The second-order valence-corrected chi connectivity index (χ2v) is 18.9. The Morgan fingerprint density at radius 1 is 0.286 bits per heavy atom. The predicted octanol–water partition coefficient (Wildman–Crippen LogP) is -3.96. The van der Waals surface area contributed by atoms with E-state index < -0.39 is 0 Å². The van der Waals surface area contributed by atoms with Crippen LogP contribution in [0.2, 0.25) is 0 Å². The number of benzene rings is 10. The molecular weight excluding hydrogens is 910 g/mol. The normalized spacial score (nSPS) is 11.5. The number of hydrogen-bond donors (Lipinski definition) is 0. The van der Waals surface area contributed by atoms with Crippen LogP contribution in [-0.4, -0.2) is 133 Å². The third-order valence-corrected chi connectivity index (χ3v) is 14.6. The van der Waals surface area contributed by atoms with Gasteiger partial charge in [0.1, 0.15) is 145 Å². The number of rotatable bonds is 8. The maximum absolute atomic E-state index is 7.25. The van der Waals surface area contributed by atoms with Crippen LogP contribution in [0, 0.1) is 0 Å². The van der Waals surface area contributed by atoms with E-state index in [0.717, 1.165) is 49.4 Å². The zero-order chi connectivity index (χ0) is 54.6. The van der Waals surface area contributed by atoms with E-state index in [1.165, 1.54) is 0 Å². The van der Waals surface area contributed by atoms with Crippen molar-refractivity contribution in [2.24, 2.45) is 0 Å². The van der Waals surface area contributed by atoms with E-state index in [1.54, 1.807) is 4.90 Å². The van der Waals surface area contributed by atoms with E-state index in [2.05, 4.69) is 12.1 Å². The third-order valence-electron chi connectivity index (χ3n) is 14.6. The van der Waals surface area contributed by atoms with Crippen molar-refractivity contribution in [3.8, 4) is 55.6 Å². The molecule has 0 aliphatic carbocycles. The highest BCUT2D eigenvalue weighted by molar-refractivity contribution is 6.72. The lowest BCUT2D eigenvalue weighted by molar-refractivity contribution is 0.673. The second-order valence-electron chi connectivity index (χ2n) is 18.9. The monoisotopic (exact) mass is 935 g/mol. The van der Waals surface area contributed by atoms with Crippen LogP contribution in [0.5, 0.6) is 0 Å². The van der Waals surface area contributed by atoms with Gasteiger partial charge in [0.05, 0.1) is 0 Å². The molecule has 0 aliphatic heterocycles. The van der Waals surface area contributed by atoms with Gasteiger partial charge in [0.15, 0.2) is 0 Å². The van der Waals surface area contributed by atoms with Crippen molar-refractivity contribution in [3.05, 3.63) is 133 Å². The molecule has 0 unspecified atom stereocenters. The molecule has 0 atom stereocenters. The average molecular weight is 933 g/mol. The summed E-state index contributed by atoms with van der Waals surface area (Å²) in [6, 6.07) is 43.3. The Bertz CT molecular complexity index is 4190. The molecule has 0 fully saturated rings. The Hall–Kier alpha value is -6.84. The third kappa shape index (κ3) is 8.19. The van der Waals surface area contributed by atoms with Gasteiger partial charge in [-0.2, -0.15) is 0 Å². The van der Waals surface area contributed by atoms with Crippen molar-refractivity contribution in [3.63, 3.8) is 0 Å². The van der Waals surface area contributed by atoms with E-state index in [-0.39, 0.29) is 126 Å². The molecule has 0 saturated heterocycles. The van der Waals surface area contributed by atoms with Gasteiger partial charge in [0, 0.05) is 33.2 Å². The highest BCUT2D eigenvalue weighted by atomic mass is 16.3. The summed E-state index contributed by atoms with van der Waals surface area (Å²) < 4.78 is 6.58. The van der Waals surface area contributed by atoms with E-state index in [9.17, 15) is 0 Å². The smallest absolute Gasteiger partial charge is 0.143 e. The molecule has 0 N–H and O–H groups in total. The van der Waals surface area contributed by atoms with Crippen LogP contribution in [-0.2, 0) is 0 Å². The van der Waals surface area contributed by atoms with Gasteiger partial charge in [0.25, 0.3) is 0 Å². The highest BCUT2D eigenvalue weighted by Crippen LogP contribution is 2.41. The molecule has 1 aromatic heterocycles. The van der Waals surface area contributed by atoms with Crippen molar-refractivity contribution in [2.75, 3.05) is 4.90 Å². The van der Waals surface area contributed by atoms with Gasteiger partial charge in [-0.1, -0.05) is 186 Å². The summed E-state index contributed by atoms with van der Waals surface area (Å²) in [5.41, 5.74) is 5.92. The van der Waals surface area contributed by atoms with Crippen LogP contribution in [0.15, 0.2) is 138 Å². The maximum atomic E-state index is 7.25. The van der Waals surface area contributed by atoms with E-state index in [0.29, 0.717) is 22.4 Å². The molecule has 19 heteroatoms. The first-order valence-electron chi connectivity index (χ1n) is 24.0. The zero-order valence-electron chi connectivity index (χ0n) is 41.4. The zero-order valence-corrected chi connectivity index (χ0v) is 41.4. The lowest BCUT2D eigenvalue weighted by Crippen LogP contribution is -2.57. The fourth-order valence-electron chi connectivity index (χ4n) is 10.6. The summed E-state index contributed by atoms with van der Waals surface area (Å²) in [5, 5.41) is 3.83. The first kappa shape index (κ1) is 52.2. The molecule has 2 nitrogen and oxygen atoms in total. The Labute approximate surface area is 471 Å². The summed E-state index contributed by atoms with van der Waals surface area (Å²) in [5.74, 6) is 0. The average Bonchev–Trinajstić information content (AvgIpc) is 3.86. The molecule has 0 saturated carbocycles. The second kappa shape index (κ2) is 19.9. The van der Waals surface area contributed by atoms with Gasteiger partial charge in [-0.25, -0.2) is 0 Å². The minimum Gasteiger partial charge on any atom is -0.455 e. The molecular formula is C58H22B17NO. The van der Waals surface area contributed by atoms with Gasteiger partial charge in [-0.3, -0.25) is 0 Å². The molecule has 11 rings (SSSR count). The topological polar surface area (TPSA) is 16.4 Å². The fourth-order valence-corrected chi connectivity index (χ4v) is 10.6. The first-order chi connectivity index (χ1) is 36.8. The number of anilines is 3. The van der Waals surface area contributed by atoms with Crippen LogP contribution in [0.25, 0.3) is 88.3 Å². The SMILES string of the molecule is [B]c1c([B])c([B])c(-c2c([B])c([B])c(-c3c([B])c([B])c(N(c4cccc(-c5cccc6oc7c8ccccc8ccc7c56)c4)c4c([B])c([B])c(-c5ccc(-c6ccccc6)cc5)c([B])c4[B])c([B])c3[B])c([B])c2[B])c([B])c1[B]. The van der Waals surface area contributed by atoms with E-state index in [4.69, 9.17) is 138 Å². The minimum absolute atomic E-state index is 0.00847. The standard InChI is InChI=1S/C58H22B17NO/c59-39-33(26-18-16-24(17-19-26)23-8-2-1-3-9-23)40(60)53(73)56(52(39)72)76(28-12-6-11-27(22-28)29-14-7-15-32-34(29)31-21-20-25-10-4-5-13-30(25)58(31)77-32)57-54(74)47(67)38(48(68)55(57)75)36-43(63)41(61)35(42(62)44(36)64)37-45(65)49(69)51(71)50(70)46(37)66/h1-22H. The summed E-state index contributed by atoms with van der Waals surface area (Å²) in [4.78, 5) is 1.63. The molecule has 0 bridgehead atoms. The summed E-state index contributed by atoms with van der Waals surface area (Å²) in [6.07, 6.45) is 0. The van der Waals surface area contributed by atoms with Crippen LogP contribution in [0.4, 0.5) is 17.1 Å². The Kier molecular flexibility index (Phi) is 13.5. The van der Waals surface area contributed by atoms with E-state index >= 15 is 0 Å². The molecule has 10 aromatic carbocycles. The largest absolute Gasteiger partial charge is 0.455 e. The molecule has 1 heterocycles. The number of furan rings is 1. The van der Waals surface area contributed by atoms with Crippen LogP contribution >= 0.6 is 0 Å². The van der Waals surface area contributed by atoms with Crippen molar-refractivity contribution in [1.82, 2.24) is 0 Å². The number of nitrogens with zero attached hydrogens (tertiary/aromatic N) is 1. The van der Waals surface area contributed by atoms with Crippen LogP contribution in [0.3, 0.4) is 0 Å². The van der Waals surface area contributed by atoms with Gasteiger partial charge in [-0.15, -0.1) is 16.4 Å². The summed E-state index contributed by atoms with van der Waals surface area (Å²) in [6.45, 7) is 0. The summed E-state index contributed by atoms with van der Waals surface area (Å²) in [7, 11) is 116. The van der Waals surface area contributed by atoms with Gasteiger partial charge in [0.2, 0.25) is 0 Å². The molecule has 77 heavy (non-hydrogen) atoms. The molecule has 0 aliphatic rings. The van der Waals surface area contributed by atoms with Gasteiger partial charge < -0.3 is 9.32 Å². The van der Waals surface area contributed by atoms with Crippen molar-refractivity contribution in [1.29, 1.82) is 0 Å².